The van der Waals surface area contributed by atoms with Gasteiger partial charge in [0.2, 0.25) is 0 Å². The molecule has 3 fully saturated rings. The van der Waals surface area contributed by atoms with Gasteiger partial charge in [0.1, 0.15) is 5.82 Å². The van der Waals surface area contributed by atoms with Gasteiger partial charge in [0.15, 0.2) is 5.96 Å². The van der Waals surface area contributed by atoms with Crippen LogP contribution in [0.1, 0.15) is 24.9 Å². The van der Waals surface area contributed by atoms with Crippen molar-refractivity contribution in [2.75, 3.05) is 78.8 Å². The van der Waals surface area contributed by atoms with Crippen molar-refractivity contribution in [1.29, 1.82) is 0 Å². The van der Waals surface area contributed by atoms with Crippen LogP contribution in [0.2, 0.25) is 0 Å². The van der Waals surface area contributed by atoms with Crippen LogP contribution in [-0.2, 0) is 9.47 Å². The molecular weight excluding hydrogens is 397 g/mol. The molecule has 0 saturated carbocycles. The first-order valence-electron chi connectivity index (χ1n) is 11.7. The normalized spacial score (nSPS) is 25.0. The maximum atomic E-state index is 14.0. The number of benzene rings is 1. The summed E-state index contributed by atoms with van der Waals surface area (Å²) in [4.78, 5) is 12.3. The topological polar surface area (TPSA) is 52.6 Å². The first-order chi connectivity index (χ1) is 15.2. The summed E-state index contributed by atoms with van der Waals surface area (Å²) < 4.78 is 25.0. The number of rotatable bonds is 6. The molecule has 0 amide bonds. The molecule has 1 aromatic rings. The lowest BCUT2D eigenvalue weighted by Gasteiger charge is -2.34. The van der Waals surface area contributed by atoms with Crippen LogP contribution < -0.4 is 5.32 Å². The Kier molecular flexibility index (Phi) is 8.13. The Balaban J connectivity index is 1.47. The average Bonchev–Trinajstić information content (AvgIpc) is 3.30. The number of aliphatic imine (C=N–C) groups is 1. The smallest absolute Gasteiger partial charge is 0.194 e. The minimum atomic E-state index is -0.195. The van der Waals surface area contributed by atoms with Crippen LogP contribution in [0, 0.1) is 5.82 Å². The van der Waals surface area contributed by atoms with Crippen molar-refractivity contribution < 1.29 is 13.9 Å². The van der Waals surface area contributed by atoms with Gasteiger partial charge in [-0.05, 0) is 31.0 Å². The van der Waals surface area contributed by atoms with Crippen LogP contribution in [0.25, 0.3) is 0 Å². The van der Waals surface area contributed by atoms with E-state index in [9.17, 15) is 4.39 Å². The van der Waals surface area contributed by atoms with Gasteiger partial charge in [0.25, 0.3) is 0 Å². The summed E-state index contributed by atoms with van der Waals surface area (Å²) in [6.45, 7) is 12.4. The van der Waals surface area contributed by atoms with Gasteiger partial charge in [-0.1, -0.05) is 12.1 Å². The molecule has 172 valence electrons. The van der Waals surface area contributed by atoms with E-state index in [1.165, 1.54) is 6.07 Å². The van der Waals surface area contributed by atoms with E-state index in [4.69, 9.17) is 14.5 Å². The molecule has 0 spiro atoms. The molecule has 0 aliphatic carbocycles. The SMILES string of the molecule is CCNC(=NCC(c1cccc(F)c1)N1CCOCC1)N1CCC(N2CCOCC2)C1. The third kappa shape index (κ3) is 5.94. The van der Waals surface area contributed by atoms with Crippen molar-refractivity contribution >= 4 is 5.96 Å². The van der Waals surface area contributed by atoms with Crippen molar-refractivity contribution in [2.45, 2.75) is 25.4 Å². The fourth-order valence-corrected chi connectivity index (χ4v) is 4.81. The summed E-state index contributed by atoms with van der Waals surface area (Å²) in [5, 5.41) is 3.48. The molecule has 3 saturated heterocycles. The Hall–Kier alpha value is -1.74. The molecule has 0 aromatic heterocycles. The second kappa shape index (κ2) is 11.2. The lowest BCUT2D eigenvalue weighted by atomic mass is 10.0. The van der Waals surface area contributed by atoms with Gasteiger partial charge in [-0.25, -0.2) is 4.39 Å². The Morgan fingerprint density at radius 1 is 1.13 bits per heavy atom. The van der Waals surface area contributed by atoms with Crippen LogP contribution in [0.15, 0.2) is 29.3 Å². The molecule has 1 N–H and O–H groups in total. The quantitative estimate of drug-likeness (QED) is 0.543. The van der Waals surface area contributed by atoms with Crippen LogP contribution in [0.5, 0.6) is 0 Å². The summed E-state index contributed by atoms with van der Waals surface area (Å²) in [6, 6.07) is 7.56. The van der Waals surface area contributed by atoms with Crippen LogP contribution >= 0.6 is 0 Å². The van der Waals surface area contributed by atoms with Crippen molar-refractivity contribution in [1.82, 2.24) is 20.0 Å². The maximum Gasteiger partial charge on any atom is 0.194 e. The van der Waals surface area contributed by atoms with E-state index in [-0.39, 0.29) is 11.9 Å². The zero-order valence-corrected chi connectivity index (χ0v) is 18.6. The molecule has 2 atom stereocenters. The Morgan fingerprint density at radius 3 is 2.58 bits per heavy atom. The van der Waals surface area contributed by atoms with Crippen molar-refractivity contribution in [3.8, 4) is 0 Å². The lowest BCUT2D eigenvalue weighted by Crippen LogP contribution is -2.47. The highest BCUT2D eigenvalue weighted by molar-refractivity contribution is 5.80. The molecule has 31 heavy (non-hydrogen) atoms. The van der Waals surface area contributed by atoms with E-state index in [0.717, 1.165) is 77.0 Å². The maximum absolute atomic E-state index is 14.0. The summed E-state index contributed by atoms with van der Waals surface area (Å²) in [7, 11) is 0. The van der Waals surface area contributed by atoms with Gasteiger partial charge >= 0.3 is 0 Å². The number of hydrogen-bond donors (Lipinski definition) is 1. The molecule has 2 unspecified atom stereocenters. The first-order valence-corrected chi connectivity index (χ1v) is 11.7. The van der Waals surface area contributed by atoms with Crippen molar-refractivity contribution in [3.63, 3.8) is 0 Å². The Morgan fingerprint density at radius 2 is 1.87 bits per heavy atom. The van der Waals surface area contributed by atoms with Crippen molar-refractivity contribution in [2.24, 2.45) is 4.99 Å². The van der Waals surface area contributed by atoms with Gasteiger partial charge in [-0.3, -0.25) is 14.8 Å². The van der Waals surface area contributed by atoms with E-state index in [1.807, 2.05) is 6.07 Å². The number of nitrogens with zero attached hydrogens (tertiary/aromatic N) is 4. The van der Waals surface area contributed by atoms with E-state index < -0.39 is 0 Å². The lowest BCUT2D eigenvalue weighted by molar-refractivity contribution is 0.0178. The monoisotopic (exact) mass is 433 g/mol. The highest BCUT2D eigenvalue weighted by Crippen LogP contribution is 2.24. The predicted molar refractivity (Wildman–Crippen MR) is 120 cm³/mol. The molecule has 1 aromatic carbocycles. The van der Waals surface area contributed by atoms with Gasteiger partial charge in [-0.2, -0.15) is 0 Å². The third-order valence-electron chi connectivity index (χ3n) is 6.49. The number of ether oxygens (including phenoxy) is 2. The van der Waals surface area contributed by atoms with Gasteiger partial charge < -0.3 is 19.7 Å². The molecule has 3 aliphatic rings. The molecule has 4 rings (SSSR count). The third-order valence-corrected chi connectivity index (χ3v) is 6.49. The fourth-order valence-electron chi connectivity index (χ4n) is 4.81. The van der Waals surface area contributed by atoms with E-state index in [1.54, 1.807) is 12.1 Å². The van der Waals surface area contributed by atoms with Crippen LogP contribution in [0.3, 0.4) is 0 Å². The number of halogens is 1. The number of guanidine groups is 1. The highest BCUT2D eigenvalue weighted by Gasteiger charge is 2.31. The zero-order valence-electron chi connectivity index (χ0n) is 18.6. The molecule has 0 bridgehead atoms. The van der Waals surface area contributed by atoms with Crippen molar-refractivity contribution in [3.05, 3.63) is 35.6 Å². The minimum Gasteiger partial charge on any atom is -0.379 e. The van der Waals surface area contributed by atoms with E-state index in [0.29, 0.717) is 25.8 Å². The van der Waals surface area contributed by atoms with Crippen LogP contribution in [0.4, 0.5) is 4.39 Å². The number of nitrogens with one attached hydrogen (secondary N) is 1. The Bertz CT molecular complexity index is 722. The molecule has 7 nitrogen and oxygen atoms in total. The molecule has 3 heterocycles. The standard InChI is InChI=1S/C23H36FN5O2/c1-2-25-23(29-7-6-21(18-29)27-8-12-30-13-9-27)26-17-22(28-10-14-31-15-11-28)19-4-3-5-20(24)16-19/h3-5,16,21-22H,2,6-15,17-18H2,1H3,(H,25,26). The summed E-state index contributed by atoms with van der Waals surface area (Å²) in [5.74, 6) is 0.771. The molecule has 0 radical (unpaired) electrons. The number of likely N-dealkylation sites (tertiary alicyclic amines) is 1. The first kappa shape index (κ1) is 22.5. The Labute approximate surface area is 185 Å². The van der Waals surface area contributed by atoms with Crippen LogP contribution in [-0.4, -0.2) is 105 Å². The fraction of sp³-hybridized carbons (Fsp3) is 0.696. The summed E-state index contributed by atoms with van der Waals surface area (Å²) in [6.07, 6.45) is 1.15. The predicted octanol–water partition coefficient (Wildman–Crippen LogP) is 1.57. The van der Waals surface area contributed by atoms with Gasteiger partial charge in [-0.15, -0.1) is 0 Å². The van der Waals surface area contributed by atoms with E-state index in [2.05, 4.69) is 26.9 Å². The summed E-state index contributed by atoms with van der Waals surface area (Å²) in [5.41, 5.74) is 0.981. The number of hydrogen-bond acceptors (Lipinski definition) is 5. The highest BCUT2D eigenvalue weighted by atomic mass is 19.1. The average molecular weight is 434 g/mol. The largest absolute Gasteiger partial charge is 0.379 e. The summed E-state index contributed by atoms with van der Waals surface area (Å²) >= 11 is 0. The van der Waals surface area contributed by atoms with Gasteiger partial charge in [0.05, 0.1) is 39.0 Å². The van der Waals surface area contributed by atoms with Gasteiger partial charge in [0, 0.05) is 51.9 Å². The zero-order chi connectivity index (χ0) is 21.5. The molecular formula is C23H36FN5O2. The second-order valence-electron chi connectivity index (χ2n) is 8.45. The second-order valence-corrected chi connectivity index (χ2v) is 8.45. The minimum absolute atomic E-state index is 0.0471. The number of morpholine rings is 2. The van der Waals surface area contributed by atoms with E-state index >= 15 is 0 Å². The molecule has 8 heteroatoms. The molecule has 3 aliphatic heterocycles.